The molecular formula is C15H21N3O. The molecule has 0 aliphatic carbocycles. The highest BCUT2D eigenvalue weighted by Crippen LogP contribution is 2.27. The summed E-state index contributed by atoms with van der Waals surface area (Å²) < 4.78 is 5.32. The maximum Gasteiger partial charge on any atom is 0.121 e. The highest BCUT2D eigenvalue weighted by Gasteiger charge is 2.05. The molecule has 0 fully saturated rings. The van der Waals surface area contributed by atoms with Crippen LogP contribution >= 0.6 is 0 Å². The molecule has 1 aromatic heterocycles. The van der Waals surface area contributed by atoms with Crippen molar-refractivity contribution in [3.8, 4) is 5.75 Å². The summed E-state index contributed by atoms with van der Waals surface area (Å²) in [6, 6.07) is 8.21. The molecule has 1 atom stereocenters. The number of fused-ring (bicyclic) bond motifs is 1. The Balaban J connectivity index is 2.16. The van der Waals surface area contributed by atoms with Gasteiger partial charge in [0.1, 0.15) is 5.75 Å². The van der Waals surface area contributed by atoms with E-state index < -0.39 is 0 Å². The molecule has 19 heavy (non-hydrogen) atoms. The van der Waals surface area contributed by atoms with Gasteiger partial charge >= 0.3 is 0 Å². The number of ether oxygens (including phenoxy) is 1. The summed E-state index contributed by atoms with van der Waals surface area (Å²) in [6.07, 6.45) is 3.87. The van der Waals surface area contributed by atoms with E-state index in [2.05, 4.69) is 10.3 Å². The fraction of sp³-hybridized carbons (Fsp3) is 0.400. The van der Waals surface area contributed by atoms with E-state index in [0.717, 1.165) is 41.7 Å². The Morgan fingerprint density at radius 3 is 3.00 bits per heavy atom. The summed E-state index contributed by atoms with van der Waals surface area (Å²) in [4.78, 5) is 4.43. The first-order valence-corrected chi connectivity index (χ1v) is 6.63. The SMILES string of the molecule is COc1cc(NCCC[C@H](C)N)c2ncccc2c1. The van der Waals surface area contributed by atoms with Crippen LogP contribution in [-0.2, 0) is 0 Å². The first kappa shape index (κ1) is 13.6. The van der Waals surface area contributed by atoms with Gasteiger partial charge in [-0.2, -0.15) is 0 Å². The zero-order valence-electron chi connectivity index (χ0n) is 11.5. The molecule has 1 heterocycles. The van der Waals surface area contributed by atoms with Gasteiger partial charge in [0.05, 0.1) is 18.3 Å². The third kappa shape index (κ3) is 3.58. The normalized spacial score (nSPS) is 12.4. The Hall–Kier alpha value is -1.81. The maximum atomic E-state index is 5.75. The van der Waals surface area contributed by atoms with Crippen LogP contribution in [0.4, 0.5) is 5.69 Å². The van der Waals surface area contributed by atoms with E-state index in [0.29, 0.717) is 0 Å². The van der Waals surface area contributed by atoms with E-state index in [1.54, 1.807) is 7.11 Å². The minimum atomic E-state index is 0.252. The molecule has 0 amide bonds. The number of pyridine rings is 1. The molecule has 0 saturated carbocycles. The van der Waals surface area contributed by atoms with Gasteiger partial charge in [0, 0.05) is 30.2 Å². The number of methoxy groups -OCH3 is 1. The number of nitrogens with two attached hydrogens (primary N) is 1. The topological polar surface area (TPSA) is 60.2 Å². The lowest BCUT2D eigenvalue weighted by Crippen LogP contribution is -2.16. The number of benzene rings is 1. The van der Waals surface area contributed by atoms with Crippen LogP contribution in [0.2, 0.25) is 0 Å². The first-order valence-electron chi connectivity index (χ1n) is 6.63. The third-order valence-corrected chi connectivity index (χ3v) is 3.07. The summed E-state index contributed by atoms with van der Waals surface area (Å²) in [5.41, 5.74) is 7.74. The molecule has 4 nitrogen and oxygen atoms in total. The molecule has 0 saturated heterocycles. The Morgan fingerprint density at radius 1 is 1.42 bits per heavy atom. The van der Waals surface area contributed by atoms with Crippen molar-refractivity contribution < 1.29 is 4.74 Å². The second-order valence-corrected chi connectivity index (χ2v) is 4.80. The molecule has 102 valence electrons. The quantitative estimate of drug-likeness (QED) is 0.783. The molecule has 1 aromatic carbocycles. The fourth-order valence-electron chi connectivity index (χ4n) is 2.06. The number of rotatable bonds is 6. The van der Waals surface area contributed by atoms with Crippen molar-refractivity contribution in [1.82, 2.24) is 4.98 Å². The van der Waals surface area contributed by atoms with Crippen LogP contribution in [0.1, 0.15) is 19.8 Å². The van der Waals surface area contributed by atoms with E-state index in [9.17, 15) is 0 Å². The number of nitrogens with one attached hydrogen (secondary N) is 1. The van der Waals surface area contributed by atoms with Crippen molar-refractivity contribution in [3.05, 3.63) is 30.5 Å². The van der Waals surface area contributed by atoms with Gasteiger partial charge < -0.3 is 15.8 Å². The summed E-state index contributed by atoms with van der Waals surface area (Å²) in [5.74, 6) is 0.843. The van der Waals surface area contributed by atoms with Gasteiger partial charge in [-0.1, -0.05) is 6.07 Å². The molecule has 0 aliphatic heterocycles. The number of aromatic nitrogens is 1. The van der Waals surface area contributed by atoms with Gasteiger partial charge in [0.2, 0.25) is 0 Å². The summed E-state index contributed by atoms with van der Waals surface area (Å²) in [6.45, 7) is 2.92. The zero-order valence-corrected chi connectivity index (χ0v) is 11.5. The predicted octanol–water partition coefficient (Wildman–Crippen LogP) is 2.78. The fourth-order valence-corrected chi connectivity index (χ4v) is 2.06. The van der Waals surface area contributed by atoms with Crippen LogP contribution in [0, 0.1) is 0 Å². The molecule has 0 unspecified atom stereocenters. The van der Waals surface area contributed by atoms with E-state index >= 15 is 0 Å². The maximum absolute atomic E-state index is 5.75. The number of nitrogens with zero attached hydrogens (tertiary/aromatic N) is 1. The van der Waals surface area contributed by atoms with Gasteiger partial charge in [-0.05, 0) is 31.9 Å². The van der Waals surface area contributed by atoms with Crippen molar-refractivity contribution in [2.24, 2.45) is 5.73 Å². The number of hydrogen-bond donors (Lipinski definition) is 2. The van der Waals surface area contributed by atoms with E-state index in [1.165, 1.54) is 0 Å². The Morgan fingerprint density at radius 2 is 2.26 bits per heavy atom. The third-order valence-electron chi connectivity index (χ3n) is 3.07. The molecule has 2 aromatic rings. The molecule has 2 rings (SSSR count). The summed E-state index contributed by atoms with van der Waals surface area (Å²) in [5, 5.41) is 4.50. The highest BCUT2D eigenvalue weighted by atomic mass is 16.5. The van der Waals surface area contributed by atoms with Crippen LogP contribution < -0.4 is 15.8 Å². The molecular weight excluding hydrogens is 238 g/mol. The van der Waals surface area contributed by atoms with Gasteiger partial charge in [-0.15, -0.1) is 0 Å². The summed E-state index contributed by atoms with van der Waals surface area (Å²) in [7, 11) is 1.68. The smallest absolute Gasteiger partial charge is 0.121 e. The first-order chi connectivity index (χ1) is 9.20. The van der Waals surface area contributed by atoms with E-state index in [1.807, 2.05) is 37.4 Å². The van der Waals surface area contributed by atoms with E-state index in [4.69, 9.17) is 10.5 Å². The zero-order chi connectivity index (χ0) is 13.7. The minimum Gasteiger partial charge on any atom is -0.497 e. The molecule has 0 spiro atoms. The Bertz CT molecular complexity index is 540. The van der Waals surface area contributed by atoms with Gasteiger partial charge in [0.15, 0.2) is 0 Å². The van der Waals surface area contributed by atoms with Crippen molar-refractivity contribution in [2.45, 2.75) is 25.8 Å². The van der Waals surface area contributed by atoms with Gasteiger partial charge in [0.25, 0.3) is 0 Å². The molecule has 3 N–H and O–H groups in total. The van der Waals surface area contributed by atoms with Crippen LogP contribution in [0.15, 0.2) is 30.5 Å². The lowest BCUT2D eigenvalue weighted by molar-refractivity contribution is 0.415. The average Bonchev–Trinajstić information content (AvgIpc) is 2.42. The summed E-state index contributed by atoms with van der Waals surface area (Å²) >= 11 is 0. The van der Waals surface area contributed by atoms with Crippen LogP contribution in [0.25, 0.3) is 10.9 Å². The molecule has 4 heteroatoms. The standard InChI is InChI=1S/C15H21N3O/c1-11(16)5-3-7-17-14-10-13(19-2)9-12-6-4-8-18-15(12)14/h4,6,8-11,17H,3,5,7,16H2,1-2H3/t11-/m0/s1. The number of anilines is 1. The highest BCUT2D eigenvalue weighted by molar-refractivity contribution is 5.91. The molecule has 0 bridgehead atoms. The second-order valence-electron chi connectivity index (χ2n) is 4.80. The Kier molecular flexibility index (Phi) is 4.58. The lowest BCUT2D eigenvalue weighted by atomic mass is 10.1. The van der Waals surface area contributed by atoms with E-state index in [-0.39, 0.29) is 6.04 Å². The molecule has 0 radical (unpaired) electrons. The van der Waals surface area contributed by atoms with Crippen LogP contribution in [-0.4, -0.2) is 24.7 Å². The monoisotopic (exact) mass is 259 g/mol. The van der Waals surface area contributed by atoms with Gasteiger partial charge in [-0.3, -0.25) is 4.98 Å². The van der Waals surface area contributed by atoms with Crippen LogP contribution in [0.3, 0.4) is 0 Å². The van der Waals surface area contributed by atoms with Crippen molar-refractivity contribution in [1.29, 1.82) is 0 Å². The van der Waals surface area contributed by atoms with Crippen molar-refractivity contribution in [2.75, 3.05) is 19.0 Å². The van der Waals surface area contributed by atoms with Gasteiger partial charge in [-0.25, -0.2) is 0 Å². The predicted molar refractivity (Wildman–Crippen MR) is 79.7 cm³/mol. The average molecular weight is 259 g/mol. The van der Waals surface area contributed by atoms with Crippen molar-refractivity contribution in [3.63, 3.8) is 0 Å². The molecule has 0 aliphatic rings. The Labute approximate surface area is 114 Å². The minimum absolute atomic E-state index is 0.252. The second kappa shape index (κ2) is 6.38. The van der Waals surface area contributed by atoms with Crippen molar-refractivity contribution >= 4 is 16.6 Å². The largest absolute Gasteiger partial charge is 0.497 e. The lowest BCUT2D eigenvalue weighted by Gasteiger charge is -2.12. The number of hydrogen-bond acceptors (Lipinski definition) is 4. The van der Waals surface area contributed by atoms with Crippen LogP contribution in [0.5, 0.6) is 5.75 Å².